The van der Waals surface area contributed by atoms with Crippen LogP contribution in [0.5, 0.6) is 5.75 Å². The summed E-state index contributed by atoms with van der Waals surface area (Å²) in [6.07, 6.45) is 0.960. The first kappa shape index (κ1) is 19.1. The monoisotopic (exact) mass is 394 g/mol. The molecule has 0 bridgehead atoms. The van der Waals surface area contributed by atoms with Gasteiger partial charge in [0.1, 0.15) is 17.7 Å². The Morgan fingerprint density at radius 2 is 1.96 bits per heavy atom. The van der Waals surface area contributed by atoms with E-state index in [0.717, 1.165) is 30.7 Å². The molecular formula is C18H19FN2O5S. The van der Waals surface area contributed by atoms with Crippen molar-refractivity contribution in [3.05, 3.63) is 48.3 Å². The average Bonchev–Trinajstić information content (AvgIpc) is 3.17. The van der Waals surface area contributed by atoms with Crippen molar-refractivity contribution in [2.45, 2.75) is 23.8 Å². The van der Waals surface area contributed by atoms with E-state index in [0.29, 0.717) is 18.7 Å². The van der Waals surface area contributed by atoms with Crippen LogP contribution in [-0.4, -0.2) is 34.1 Å². The molecule has 2 aromatic rings. The van der Waals surface area contributed by atoms with Crippen molar-refractivity contribution in [1.82, 2.24) is 0 Å². The summed E-state index contributed by atoms with van der Waals surface area (Å²) in [5, 5.41) is 2.70. The minimum absolute atomic E-state index is 0.0975. The second kappa shape index (κ2) is 7.93. The Morgan fingerprint density at radius 3 is 2.59 bits per heavy atom. The number of benzene rings is 2. The number of nitrogens with one attached hydrogen (secondary N) is 2. The van der Waals surface area contributed by atoms with Gasteiger partial charge in [-0.25, -0.2) is 12.8 Å². The molecule has 7 nitrogen and oxygen atoms in total. The summed E-state index contributed by atoms with van der Waals surface area (Å²) < 4.78 is 51.0. The fourth-order valence-electron chi connectivity index (χ4n) is 2.69. The molecular weight excluding hydrogens is 375 g/mol. The molecule has 0 aliphatic carbocycles. The van der Waals surface area contributed by atoms with Crippen molar-refractivity contribution in [1.29, 1.82) is 0 Å². The van der Waals surface area contributed by atoms with Gasteiger partial charge in [-0.1, -0.05) is 0 Å². The minimum atomic E-state index is -3.96. The van der Waals surface area contributed by atoms with Crippen LogP contribution in [0.4, 0.5) is 15.8 Å². The second-order valence-electron chi connectivity index (χ2n) is 5.97. The number of hydrogen-bond donors (Lipinski definition) is 2. The molecule has 9 heteroatoms. The Balaban J connectivity index is 1.82. The van der Waals surface area contributed by atoms with Gasteiger partial charge in [-0.2, -0.15) is 0 Å². The highest BCUT2D eigenvalue weighted by Crippen LogP contribution is 2.30. The summed E-state index contributed by atoms with van der Waals surface area (Å²) in [5.41, 5.74) is 0.542. The number of rotatable bonds is 6. The van der Waals surface area contributed by atoms with Crippen LogP contribution < -0.4 is 14.8 Å². The summed E-state index contributed by atoms with van der Waals surface area (Å²) in [7, 11) is -2.56. The zero-order valence-electron chi connectivity index (χ0n) is 14.6. The molecule has 1 aliphatic rings. The molecule has 0 saturated carbocycles. The van der Waals surface area contributed by atoms with Crippen LogP contribution in [0.2, 0.25) is 0 Å². The molecule has 1 aliphatic heterocycles. The number of anilines is 2. The molecule has 0 unspecified atom stereocenters. The lowest BCUT2D eigenvalue weighted by atomic mass is 10.2. The predicted octanol–water partition coefficient (Wildman–Crippen LogP) is 2.75. The van der Waals surface area contributed by atoms with E-state index in [1.54, 1.807) is 6.07 Å². The quantitative estimate of drug-likeness (QED) is 0.786. The Bertz CT molecular complexity index is 925. The smallest absolute Gasteiger partial charge is 0.262 e. The Hall–Kier alpha value is -2.65. The molecule has 144 valence electrons. The van der Waals surface area contributed by atoms with E-state index >= 15 is 0 Å². The fraction of sp³-hybridized carbons (Fsp3) is 0.278. The van der Waals surface area contributed by atoms with E-state index in [-0.39, 0.29) is 22.2 Å². The molecule has 3 rings (SSSR count). The summed E-state index contributed by atoms with van der Waals surface area (Å²) in [6, 6.07) is 9.02. The molecule has 1 heterocycles. The number of hydrogen-bond acceptors (Lipinski definition) is 5. The zero-order valence-corrected chi connectivity index (χ0v) is 15.4. The maximum Gasteiger partial charge on any atom is 0.262 e. The average molecular weight is 394 g/mol. The molecule has 1 amide bonds. The maximum atomic E-state index is 13.0. The van der Waals surface area contributed by atoms with Crippen LogP contribution in [0, 0.1) is 5.82 Å². The van der Waals surface area contributed by atoms with E-state index < -0.39 is 21.9 Å². The van der Waals surface area contributed by atoms with Gasteiger partial charge >= 0.3 is 0 Å². The third kappa shape index (κ3) is 4.55. The van der Waals surface area contributed by atoms with Gasteiger partial charge in [-0.3, -0.25) is 9.52 Å². The summed E-state index contributed by atoms with van der Waals surface area (Å²) in [4.78, 5) is 12.1. The highest BCUT2D eigenvalue weighted by molar-refractivity contribution is 7.92. The molecule has 0 radical (unpaired) electrons. The minimum Gasteiger partial charge on any atom is -0.495 e. The van der Waals surface area contributed by atoms with Gasteiger partial charge in [-0.05, 0) is 55.3 Å². The number of carbonyl (C=O) groups is 1. The van der Waals surface area contributed by atoms with Crippen molar-refractivity contribution in [3.8, 4) is 5.75 Å². The first-order chi connectivity index (χ1) is 12.9. The largest absolute Gasteiger partial charge is 0.495 e. The van der Waals surface area contributed by atoms with E-state index in [9.17, 15) is 17.6 Å². The van der Waals surface area contributed by atoms with Gasteiger partial charge in [0.2, 0.25) is 0 Å². The number of amides is 1. The third-order valence-corrected chi connectivity index (χ3v) is 5.44. The van der Waals surface area contributed by atoms with E-state index in [2.05, 4.69) is 10.0 Å². The van der Waals surface area contributed by atoms with E-state index in [1.165, 1.54) is 19.2 Å². The lowest BCUT2D eigenvalue weighted by molar-refractivity contribution is -0.124. The zero-order chi connectivity index (χ0) is 19.4. The van der Waals surface area contributed by atoms with Gasteiger partial charge in [0.15, 0.2) is 0 Å². The summed E-state index contributed by atoms with van der Waals surface area (Å²) in [5.74, 6) is -0.550. The van der Waals surface area contributed by atoms with Gasteiger partial charge in [0, 0.05) is 12.3 Å². The summed E-state index contributed by atoms with van der Waals surface area (Å²) in [6.45, 7) is 0.545. The van der Waals surface area contributed by atoms with E-state index in [1.807, 2.05) is 0 Å². The van der Waals surface area contributed by atoms with E-state index in [4.69, 9.17) is 9.47 Å². The van der Waals surface area contributed by atoms with Crippen LogP contribution >= 0.6 is 0 Å². The lowest BCUT2D eigenvalue weighted by Crippen LogP contribution is -2.26. The molecule has 1 saturated heterocycles. The van der Waals surface area contributed by atoms with Gasteiger partial charge in [-0.15, -0.1) is 0 Å². The molecule has 2 aromatic carbocycles. The lowest BCUT2D eigenvalue weighted by Gasteiger charge is -2.15. The normalized spacial score (nSPS) is 16.7. The van der Waals surface area contributed by atoms with Crippen LogP contribution in [0.25, 0.3) is 0 Å². The summed E-state index contributed by atoms with van der Waals surface area (Å²) >= 11 is 0. The van der Waals surface area contributed by atoms with Crippen molar-refractivity contribution in [3.63, 3.8) is 0 Å². The number of ether oxygens (including phenoxy) is 2. The van der Waals surface area contributed by atoms with Crippen LogP contribution in [-0.2, 0) is 19.6 Å². The molecule has 2 N–H and O–H groups in total. The van der Waals surface area contributed by atoms with Crippen molar-refractivity contribution < 1.29 is 27.1 Å². The topological polar surface area (TPSA) is 93.7 Å². The molecule has 1 fully saturated rings. The van der Waals surface area contributed by atoms with Crippen molar-refractivity contribution in [2.75, 3.05) is 23.8 Å². The standard InChI is InChI=1S/C18H19FN2O5S/c1-25-16-9-6-13(20-18(22)17-3-2-10-26-17)11-15(16)21-27(23,24)14-7-4-12(19)5-8-14/h4-9,11,17,21H,2-3,10H2,1H3,(H,20,22)/t17-/m0/s1. The Morgan fingerprint density at radius 1 is 1.22 bits per heavy atom. The maximum absolute atomic E-state index is 13.0. The third-order valence-electron chi connectivity index (χ3n) is 4.06. The number of halogens is 1. The van der Waals surface area contributed by atoms with Crippen molar-refractivity contribution in [2.24, 2.45) is 0 Å². The molecule has 1 atom stereocenters. The molecule has 0 aromatic heterocycles. The predicted molar refractivity (Wildman–Crippen MR) is 97.8 cm³/mol. The van der Waals surface area contributed by atoms with Crippen LogP contribution in [0.3, 0.4) is 0 Å². The number of methoxy groups -OCH3 is 1. The van der Waals surface area contributed by atoms with Gasteiger partial charge < -0.3 is 14.8 Å². The molecule has 0 spiro atoms. The fourth-order valence-corrected chi connectivity index (χ4v) is 3.75. The van der Waals surface area contributed by atoms with Gasteiger partial charge in [0.05, 0.1) is 17.7 Å². The molecule has 27 heavy (non-hydrogen) atoms. The first-order valence-corrected chi connectivity index (χ1v) is 9.76. The highest BCUT2D eigenvalue weighted by Gasteiger charge is 2.24. The number of carbonyl (C=O) groups excluding carboxylic acids is 1. The van der Waals surface area contributed by atoms with Gasteiger partial charge in [0.25, 0.3) is 15.9 Å². The van der Waals surface area contributed by atoms with Crippen LogP contribution in [0.1, 0.15) is 12.8 Å². The Labute approximate surface area is 156 Å². The Kier molecular flexibility index (Phi) is 5.62. The second-order valence-corrected chi connectivity index (χ2v) is 7.65. The first-order valence-electron chi connectivity index (χ1n) is 8.28. The van der Waals surface area contributed by atoms with Crippen molar-refractivity contribution >= 4 is 27.3 Å². The number of sulfonamides is 1. The van der Waals surface area contributed by atoms with Crippen LogP contribution in [0.15, 0.2) is 47.4 Å². The highest BCUT2D eigenvalue weighted by atomic mass is 32.2. The SMILES string of the molecule is COc1ccc(NC(=O)[C@@H]2CCCO2)cc1NS(=O)(=O)c1ccc(F)cc1.